The lowest BCUT2D eigenvalue weighted by Crippen LogP contribution is -2.30. The van der Waals surface area contributed by atoms with Gasteiger partial charge in [-0.2, -0.15) is 5.26 Å². The van der Waals surface area contributed by atoms with E-state index in [4.69, 9.17) is 4.42 Å². The standard InChI is InChI=1S/C32H23N2O/c1-21-14-15-26-28-18-25(20-33)27(24-12-8-11-23(17-24)22-9-4-3-5-10-22)19-30(28)35-32(26)31(21)29-13-6-7-16-34(29)2/h3-19H,1-2H3/q+1. The number of hydrogen-bond donors (Lipinski definition) is 0. The van der Waals surface area contributed by atoms with Crippen molar-refractivity contribution in [1.29, 1.82) is 5.26 Å². The van der Waals surface area contributed by atoms with Crippen molar-refractivity contribution < 1.29 is 8.98 Å². The molecule has 0 bridgehead atoms. The predicted octanol–water partition coefficient (Wildman–Crippen LogP) is 7.59. The maximum absolute atomic E-state index is 10.1. The van der Waals surface area contributed by atoms with Gasteiger partial charge in [0, 0.05) is 28.5 Å². The average Bonchev–Trinajstić information content (AvgIpc) is 3.26. The number of hydrogen-bond acceptors (Lipinski definition) is 2. The Bertz CT molecular complexity index is 1770. The molecule has 3 nitrogen and oxygen atoms in total. The van der Waals surface area contributed by atoms with Gasteiger partial charge in [0.2, 0.25) is 5.69 Å². The van der Waals surface area contributed by atoms with Crippen molar-refractivity contribution in [3.63, 3.8) is 0 Å². The molecule has 6 aromatic rings. The third-order valence-electron chi connectivity index (χ3n) is 6.70. The molecule has 0 saturated carbocycles. The molecular weight excluding hydrogens is 428 g/mol. The van der Waals surface area contributed by atoms with Gasteiger partial charge in [-0.25, -0.2) is 4.57 Å². The van der Waals surface area contributed by atoms with Gasteiger partial charge in [-0.3, -0.25) is 0 Å². The van der Waals surface area contributed by atoms with Crippen LogP contribution in [0.1, 0.15) is 11.1 Å². The largest absolute Gasteiger partial charge is 0.455 e. The van der Waals surface area contributed by atoms with E-state index in [0.29, 0.717) is 5.56 Å². The van der Waals surface area contributed by atoms with E-state index in [1.54, 1.807) is 0 Å². The zero-order valence-electron chi connectivity index (χ0n) is 19.6. The lowest BCUT2D eigenvalue weighted by atomic mass is 9.94. The molecule has 0 aliphatic heterocycles. The zero-order valence-corrected chi connectivity index (χ0v) is 19.6. The van der Waals surface area contributed by atoms with Gasteiger partial charge in [0.15, 0.2) is 6.20 Å². The molecule has 0 aliphatic rings. The highest BCUT2D eigenvalue weighted by molar-refractivity contribution is 6.11. The Hall–Kier alpha value is -4.68. The van der Waals surface area contributed by atoms with E-state index in [9.17, 15) is 5.26 Å². The lowest BCUT2D eigenvalue weighted by molar-refractivity contribution is -0.660. The van der Waals surface area contributed by atoms with Gasteiger partial charge in [-0.15, -0.1) is 0 Å². The van der Waals surface area contributed by atoms with Crippen molar-refractivity contribution in [3.8, 4) is 39.6 Å². The van der Waals surface area contributed by atoms with Crippen LogP contribution in [0, 0.1) is 18.3 Å². The number of pyridine rings is 1. The molecule has 2 heterocycles. The van der Waals surface area contributed by atoms with Gasteiger partial charge in [-0.1, -0.05) is 60.7 Å². The van der Waals surface area contributed by atoms with Crippen LogP contribution >= 0.6 is 0 Å². The van der Waals surface area contributed by atoms with Crippen LogP contribution in [-0.2, 0) is 7.05 Å². The molecule has 0 saturated heterocycles. The minimum absolute atomic E-state index is 0.637. The number of aryl methyl sites for hydroxylation is 2. The first-order chi connectivity index (χ1) is 17.1. The maximum atomic E-state index is 10.1. The Balaban J connectivity index is 1.59. The minimum atomic E-state index is 0.637. The summed E-state index contributed by atoms with van der Waals surface area (Å²) in [5, 5.41) is 12.0. The van der Waals surface area contributed by atoms with Gasteiger partial charge in [-0.05, 0) is 53.4 Å². The van der Waals surface area contributed by atoms with Gasteiger partial charge >= 0.3 is 0 Å². The van der Waals surface area contributed by atoms with Crippen molar-refractivity contribution in [3.05, 3.63) is 114 Å². The molecule has 0 unspecified atom stereocenters. The van der Waals surface area contributed by atoms with Crippen molar-refractivity contribution >= 4 is 21.9 Å². The lowest BCUT2D eigenvalue weighted by Gasteiger charge is -2.08. The Kier molecular flexibility index (Phi) is 4.94. The van der Waals surface area contributed by atoms with Crippen LogP contribution in [0.5, 0.6) is 0 Å². The number of fused-ring (bicyclic) bond motifs is 3. The van der Waals surface area contributed by atoms with Crippen molar-refractivity contribution in [1.82, 2.24) is 0 Å². The minimum Gasteiger partial charge on any atom is -0.455 e. The summed E-state index contributed by atoms with van der Waals surface area (Å²) in [4.78, 5) is 0. The first-order valence-corrected chi connectivity index (χ1v) is 11.6. The number of nitriles is 1. The average molecular weight is 452 g/mol. The molecule has 2 aromatic heterocycles. The third kappa shape index (κ3) is 3.48. The Labute approximate surface area is 204 Å². The van der Waals surface area contributed by atoms with Crippen LogP contribution in [0.25, 0.3) is 55.4 Å². The van der Waals surface area contributed by atoms with E-state index >= 15 is 0 Å². The SMILES string of the molecule is Cc1ccc2c(oc3cc(-c4cccc(-c5ccccc5)c4)c(C#N)cc32)c1-c1cccc[n+]1C. The number of nitrogens with zero attached hydrogens (tertiary/aromatic N) is 2. The number of aromatic nitrogens is 1. The molecule has 0 atom stereocenters. The van der Waals surface area contributed by atoms with Crippen LogP contribution in [-0.4, -0.2) is 0 Å². The molecule has 166 valence electrons. The van der Waals surface area contributed by atoms with Crippen LogP contribution in [0.3, 0.4) is 0 Å². The Morgan fingerprint density at radius 1 is 0.743 bits per heavy atom. The first-order valence-electron chi connectivity index (χ1n) is 11.6. The van der Waals surface area contributed by atoms with E-state index < -0.39 is 0 Å². The second kappa shape index (κ2) is 8.27. The van der Waals surface area contributed by atoms with Crippen molar-refractivity contribution in [2.75, 3.05) is 0 Å². The quantitative estimate of drug-likeness (QED) is 0.260. The van der Waals surface area contributed by atoms with Crippen LogP contribution in [0.15, 0.2) is 108 Å². The number of rotatable bonds is 3. The molecule has 0 N–H and O–H groups in total. The smallest absolute Gasteiger partial charge is 0.216 e. The van der Waals surface area contributed by atoms with Crippen molar-refractivity contribution in [2.45, 2.75) is 6.92 Å². The molecule has 0 fully saturated rings. The van der Waals surface area contributed by atoms with Crippen LogP contribution in [0.4, 0.5) is 0 Å². The number of furan rings is 1. The summed E-state index contributed by atoms with van der Waals surface area (Å²) in [7, 11) is 2.04. The molecule has 0 spiro atoms. The molecule has 0 amide bonds. The first kappa shape index (κ1) is 20.9. The van der Waals surface area contributed by atoms with E-state index in [-0.39, 0.29) is 0 Å². The van der Waals surface area contributed by atoms with Gasteiger partial charge < -0.3 is 4.42 Å². The summed E-state index contributed by atoms with van der Waals surface area (Å²) < 4.78 is 8.63. The van der Waals surface area contributed by atoms with Gasteiger partial charge in [0.25, 0.3) is 0 Å². The molecule has 3 heteroatoms. The highest BCUT2D eigenvalue weighted by atomic mass is 16.3. The fourth-order valence-corrected chi connectivity index (χ4v) is 4.91. The van der Waals surface area contributed by atoms with Crippen molar-refractivity contribution in [2.24, 2.45) is 7.05 Å². The molecule has 35 heavy (non-hydrogen) atoms. The molecule has 4 aromatic carbocycles. The summed E-state index contributed by atoms with van der Waals surface area (Å²) in [5.41, 5.74) is 9.72. The summed E-state index contributed by atoms with van der Waals surface area (Å²) in [6, 6.07) is 35.4. The monoisotopic (exact) mass is 451 g/mol. The number of benzene rings is 4. The van der Waals surface area contributed by atoms with Gasteiger partial charge in [0.05, 0.1) is 17.2 Å². The normalized spacial score (nSPS) is 11.1. The van der Waals surface area contributed by atoms with E-state index in [0.717, 1.165) is 61.0 Å². The van der Waals surface area contributed by atoms with Gasteiger partial charge in [0.1, 0.15) is 18.2 Å². The Morgan fingerprint density at radius 3 is 2.31 bits per heavy atom. The highest BCUT2D eigenvalue weighted by Crippen LogP contribution is 2.40. The van der Waals surface area contributed by atoms with Crippen LogP contribution < -0.4 is 4.57 Å². The molecule has 0 radical (unpaired) electrons. The molecule has 6 rings (SSSR count). The second-order valence-corrected chi connectivity index (χ2v) is 8.89. The fraction of sp³-hybridized carbons (Fsp3) is 0.0625. The summed E-state index contributed by atoms with van der Waals surface area (Å²) in [5.74, 6) is 0. The summed E-state index contributed by atoms with van der Waals surface area (Å²) >= 11 is 0. The second-order valence-electron chi connectivity index (χ2n) is 8.89. The van der Waals surface area contributed by atoms with E-state index in [1.807, 2.05) is 61.8 Å². The summed E-state index contributed by atoms with van der Waals surface area (Å²) in [6.07, 6.45) is 2.04. The summed E-state index contributed by atoms with van der Waals surface area (Å²) in [6.45, 7) is 2.11. The molecule has 0 aliphatic carbocycles. The third-order valence-corrected chi connectivity index (χ3v) is 6.70. The highest BCUT2D eigenvalue weighted by Gasteiger charge is 2.21. The predicted molar refractivity (Wildman–Crippen MR) is 141 cm³/mol. The van der Waals surface area contributed by atoms with E-state index in [2.05, 4.69) is 66.1 Å². The molecular formula is C32H23N2O+. The Morgan fingerprint density at radius 2 is 1.51 bits per heavy atom. The topological polar surface area (TPSA) is 40.8 Å². The fourth-order valence-electron chi connectivity index (χ4n) is 4.91. The zero-order chi connectivity index (χ0) is 23.9. The van der Waals surface area contributed by atoms with E-state index in [1.165, 1.54) is 0 Å². The van der Waals surface area contributed by atoms with Crippen LogP contribution in [0.2, 0.25) is 0 Å². The maximum Gasteiger partial charge on any atom is 0.216 e.